The molecule has 5 nitrogen and oxygen atoms in total. The fraction of sp³-hybridized carbons (Fsp3) is 0.500. The van der Waals surface area contributed by atoms with Crippen LogP contribution >= 0.6 is 0 Å². The molecule has 0 saturated heterocycles. The predicted molar refractivity (Wildman–Crippen MR) is 69.9 cm³/mol. The summed E-state index contributed by atoms with van der Waals surface area (Å²) >= 11 is 0. The zero-order chi connectivity index (χ0) is 14.2. The van der Waals surface area contributed by atoms with E-state index in [1.54, 1.807) is 0 Å². The lowest BCUT2D eigenvalue weighted by atomic mass is 10.3. The normalized spacial score (nSPS) is 15.8. The first-order valence-corrected chi connectivity index (χ1v) is 7.39. The van der Waals surface area contributed by atoms with E-state index in [0.29, 0.717) is 12.5 Å². The lowest BCUT2D eigenvalue weighted by Gasteiger charge is -2.17. The Morgan fingerprint density at radius 3 is 2.58 bits per heavy atom. The molecule has 7 heteroatoms. The molecule has 0 radical (unpaired) electrons. The number of rotatable bonds is 5. The quantitative estimate of drug-likeness (QED) is 0.832. The van der Waals surface area contributed by atoms with Crippen molar-refractivity contribution in [1.82, 2.24) is 4.31 Å². The molecule has 1 aliphatic rings. The number of nitrogens with zero attached hydrogens (tertiary/aromatic N) is 1. The van der Waals surface area contributed by atoms with Crippen molar-refractivity contribution in [3.05, 3.63) is 17.9 Å². The number of sulfonamides is 1. The van der Waals surface area contributed by atoms with Gasteiger partial charge in [0, 0.05) is 13.6 Å². The van der Waals surface area contributed by atoms with Crippen LogP contribution in [0.1, 0.15) is 12.8 Å². The molecule has 0 heterocycles. The van der Waals surface area contributed by atoms with E-state index in [4.69, 9.17) is 10.5 Å². The number of ether oxygens (including phenoxy) is 1. The summed E-state index contributed by atoms with van der Waals surface area (Å²) in [6.07, 6.45) is 2.08. The molecule has 0 aliphatic heterocycles. The maximum Gasteiger partial charge on any atom is 0.243 e. The second-order valence-corrected chi connectivity index (χ2v) is 6.80. The summed E-state index contributed by atoms with van der Waals surface area (Å²) in [7, 11) is -0.934. The Labute approximate surface area is 112 Å². The minimum Gasteiger partial charge on any atom is -0.492 e. The smallest absolute Gasteiger partial charge is 0.243 e. The molecule has 106 valence electrons. The summed E-state index contributed by atoms with van der Waals surface area (Å²) in [5.41, 5.74) is 5.57. The van der Waals surface area contributed by atoms with Crippen molar-refractivity contribution < 1.29 is 17.5 Å². The van der Waals surface area contributed by atoms with Gasteiger partial charge >= 0.3 is 0 Å². The van der Waals surface area contributed by atoms with Crippen LogP contribution in [0, 0.1) is 11.7 Å². The van der Waals surface area contributed by atoms with Crippen molar-refractivity contribution in [1.29, 1.82) is 0 Å². The molecule has 19 heavy (non-hydrogen) atoms. The molecule has 1 saturated carbocycles. The second kappa shape index (κ2) is 4.97. The zero-order valence-corrected chi connectivity index (χ0v) is 11.7. The SMILES string of the molecule is COc1c(N)cc(S(=O)(=O)N(C)CC2CC2)cc1F. The van der Waals surface area contributed by atoms with Crippen LogP contribution in [-0.4, -0.2) is 33.4 Å². The highest BCUT2D eigenvalue weighted by Gasteiger charge is 2.30. The van der Waals surface area contributed by atoms with Crippen molar-refractivity contribution in [3.8, 4) is 5.75 Å². The molecule has 1 aromatic carbocycles. The van der Waals surface area contributed by atoms with E-state index in [9.17, 15) is 12.8 Å². The number of anilines is 1. The summed E-state index contributed by atoms with van der Waals surface area (Å²) in [6, 6.07) is 2.16. The number of halogens is 1. The highest BCUT2D eigenvalue weighted by Crippen LogP contribution is 2.33. The number of hydrogen-bond acceptors (Lipinski definition) is 4. The van der Waals surface area contributed by atoms with Gasteiger partial charge in [-0.15, -0.1) is 0 Å². The molecule has 1 fully saturated rings. The Morgan fingerprint density at radius 1 is 1.47 bits per heavy atom. The number of nitrogens with two attached hydrogens (primary N) is 1. The van der Waals surface area contributed by atoms with Gasteiger partial charge in [0.2, 0.25) is 10.0 Å². The highest BCUT2D eigenvalue weighted by molar-refractivity contribution is 7.89. The molecule has 0 unspecified atom stereocenters. The van der Waals surface area contributed by atoms with Crippen molar-refractivity contribution >= 4 is 15.7 Å². The molecule has 2 N–H and O–H groups in total. The van der Waals surface area contributed by atoms with Crippen molar-refractivity contribution in [3.63, 3.8) is 0 Å². The molecular weight excluding hydrogens is 271 g/mol. The molecular formula is C12H17FN2O3S. The Kier molecular flexibility index (Phi) is 3.69. The van der Waals surface area contributed by atoms with E-state index < -0.39 is 15.8 Å². The summed E-state index contributed by atoms with van der Waals surface area (Å²) in [5, 5.41) is 0. The van der Waals surface area contributed by atoms with Crippen molar-refractivity contribution in [2.45, 2.75) is 17.7 Å². The Morgan fingerprint density at radius 2 is 2.11 bits per heavy atom. The van der Waals surface area contributed by atoms with E-state index in [0.717, 1.165) is 18.9 Å². The molecule has 0 amide bonds. The number of nitrogen functional groups attached to an aromatic ring is 1. The predicted octanol–water partition coefficient (Wildman–Crippen LogP) is 1.45. The summed E-state index contributed by atoms with van der Waals surface area (Å²) in [5.74, 6) is -0.495. The van der Waals surface area contributed by atoms with Crippen LogP contribution in [0.15, 0.2) is 17.0 Å². The van der Waals surface area contributed by atoms with E-state index in [1.807, 2.05) is 0 Å². The Balaban J connectivity index is 2.34. The fourth-order valence-electron chi connectivity index (χ4n) is 1.90. The largest absolute Gasteiger partial charge is 0.492 e. The van der Waals surface area contributed by atoms with Crippen LogP contribution in [0.4, 0.5) is 10.1 Å². The highest BCUT2D eigenvalue weighted by atomic mass is 32.2. The third-order valence-corrected chi connectivity index (χ3v) is 4.97. The lowest BCUT2D eigenvalue weighted by molar-refractivity contribution is 0.387. The van der Waals surface area contributed by atoms with E-state index in [-0.39, 0.29) is 16.3 Å². The van der Waals surface area contributed by atoms with Gasteiger partial charge in [-0.2, -0.15) is 0 Å². The zero-order valence-electron chi connectivity index (χ0n) is 10.9. The van der Waals surface area contributed by atoms with Crippen molar-refractivity contribution in [2.24, 2.45) is 5.92 Å². The fourth-order valence-corrected chi connectivity index (χ4v) is 3.19. The standard InChI is InChI=1S/C12H17FN2O3S/c1-15(7-8-3-4-8)19(16,17)9-5-10(13)12(18-2)11(14)6-9/h5-6,8H,3-4,7,14H2,1-2H3. The summed E-state index contributed by atoms with van der Waals surface area (Å²) in [6.45, 7) is 0.454. The van der Waals surface area contributed by atoms with E-state index in [2.05, 4.69) is 0 Å². The van der Waals surface area contributed by atoms with Crippen LogP contribution in [0.3, 0.4) is 0 Å². The topological polar surface area (TPSA) is 72.6 Å². The first-order chi connectivity index (χ1) is 8.86. The van der Waals surface area contributed by atoms with E-state index in [1.165, 1.54) is 24.5 Å². The molecule has 1 aromatic rings. The Hall–Kier alpha value is -1.34. The lowest BCUT2D eigenvalue weighted by Crippen LogP contribution is -2.29. The van der Waals surface area contributed by atoms with Crippen LogP contribution in [0.5, 0.6) is 5.75 Å². The molecule has 2 rings (SSSR count). The molecule has 0 bridgehead atoms. The van der Waals surface area contributed by atoms with Gasteiger partial charge in [-0.1, -0.05) is 0 Å². The van der Waals surface area contributed by atoms with Gasteiger partial charge in [0.1, 0.15) is 0 Å². The number of benzene rings is 1. The average Bonchev–Trinajstić information content (AvgIpc) is 3.12. The molecule has 0 spiro atoms. The second-order valence-electron chi connectivity index (χ2n) is 4.76. The molecule has 0 atom stereocenters. The summed E-state index contributed by atoms with van der Waals surface area (Å²) < 4.78 is 44.2. The van der Waals surface area contributed by atoms with Gasteiger partial charge in [-0.05, 0) is 30.9 Å². The minimum atomic E-state index is -3.71. The third-order valence-electron chi connectivity index (χ3n) is 3.17. The van der Waals surface area contributed by atoms with E-state index >= 15 is 0 Å². The monoisotopic (exact) mass is 288 g/mol. The van der Waals surface area contributed by atoms with Gasteiger partial charge in [0.25, 0.3) is 0 Å². The Bertz CT molecular complexity index is 562. The van der Waals surface area contributed by atoms with Crippen LogP contribution in [0.2, 0.25) is 0 Å². The first-order valence-electron chi connectivity index (χ1n) is 5.95. The maximum absolute atomic E-state index is 13.7. The maximum atomic E-state index is 13.7. The van der Waals surface area contributed by atoms with Gasteiger partial charge in [0.15, 0.2) is 11.6 Å². The minimum absolute atomic E-state index is 0.0269. The third kappa shape index (κ3) is 2.82. The van der Waals surface area contributed by atoms with Gasteiger partial charge in [0.05, 0.1) is 17.7 Å². The van der Waals surface area contributed by atoms with Crippen LogP contribution < -0.4 is 10.5 Å². The van der Waals surface area contributed by atoms with Crippen molar-refractivity contribution in [2.75, 3.05) is 26.4 Å². The number of methoxy groups -OCH3 is 1. The molecule has 0 aromatic heterocycles. The molecule has 1 aliphatic carbocycles. The van der Waals surface area contributed by atoms with Crippen LogP contribution in [-0.2, 0) is 10.0 Å². The first kappa shape index (κ1) is 14.1. The number of hydrogen-bond donors (Lipinski definition) is 1. The van der Waals surface area contributed by atoms with Gasteiger partial charge < -0.3 is 10.5 Å². The summed E-state index contributed by atoms with van der Waals surface area (Å²) in [4.78, 5) is -0.147. The van der Waals surface area contributed by atoms with Gasteiger partial charge in [-0.25, -0.2) is 17.1 Å². The van der Waals surface area contributed by atoms with Crippen LogP contribution in [0.25, 0.3) is 0 Å². The van der Waals surface area contributed by atoms with Gasteiger partial charge in [-0.3, -0.25) is 0 Å². The average molecular weight is 288 g/mol.